The number of aromatic nitrogens is 2. The molecule has 1 aliphatic rings. The molecule has 0 saturated carbocycles. The number of para-hydroxylation sites is 1. The third-order valence-electron chi connectivity index (χ3n) is 4.43. The number of rotatable bonds is 2. The first-order chi connectivity index (χ1) is 11.7. The Balaban J connectivity index is 1.62. The van der Waals surface area contributed by atoms with E-state index in [9.17, 15) is 9.59 Å². The molecule has 0 unspecified atom stereocenters. The molecule has 1 saturated heterocycles. The number of hydrogen-bond donors (Lipinski definition) is 0. The quantitative estimate of drug-likeness (QED) is 0.726. The molecule has 0 aliphatic carbocycles. The average molecular weight is 323 g/mol. The molecule has 6 nitrogen and oxygen atoms in total. The van der Waals surface area contributed by atoms with Crippen molar-refractivity contribution in [3.63, 3.8) is 0 Å². The summed E-state index contributed by atoms with van der Waals surface area (Å²) in [4.78, 5) is 26.7. The van der Waals surface area contributed by atoms with E-state index in [2.05, 4.69) is 5.10 Å². The second-order valence-electron chi connectivity index (χ2n) is 6.00. The van der Waals surface area contributed by atoms with Crippen LogP contribution in [0.2, 0.25) is 0 Å². The van der Waals surface area contributed by atoms with Gasteiger partial charge in [0.1, 0.15) is 5.58 Å². The molecule has 122 valence electrons. The van der Waals surface area contributed by atoms with Crippen molar-refractivity contribution in [3.05, 3.63) is 64.8 Å². The minimum absolute atomic E-state index is 0.0971. The second kappa shape index (κ2) is 5.96. The normalized spacial score (nSPS) is 18.0. The number of amides is 1. The fraction of sp³-hybridized carbons (Fsp3) is 0.278. The molecule has 1 amide bonds. The maximum Gasteiger partial charge on any atom is 0.289 e. The van der Waals surface area contributed by atoms with Gasteiger partial charge in [0.05, 0.1) is 11.4 Å². The number of hydrogen-bond acceptors (Lipinski definition) is 4. The molecule has 3 aromatic rings. The van der Waals surface area contributed by atoms with Gasteiger partial charge in [0.15, 0.2) is 11.2 Å². The van der Waals surface area contributed by atoms with Crippen LogP contribution >= 0.6 is 0 Å². The number of likely N-dealkylation sites (tertiary alicyclic amines) is 1. The van der Waals surface area contributed by atoms with Crippen molar-refractivity contribution in [2.45, 2.75) is 18.9 Å². The molecule has 24 heavy (non-hydrogen) atoms. The Kier molecular flexibility index (Phi) is 3.65. The molecular formula is C18H17N3O3. The fourth-order valence-electron chi connectivity index (χ4n) is 3.22. The van der Waals surface area contributed by atoms with Crippen LogP contribution in [0.1, 0.15) is 29.4 Å². The summed E-state index contributed by atoms with van der Waals surface area (Å²) in [6.07, 6.45) is 5.53. The van der Waals surface area contributed by atoms with E-state index in [0.717, 1.165) is 12.8 Å². The van der Waals surface area contributed by atoms with Gasteiger partial charge >= 0.3 is 0 Å². The molecule has 2 aromatic heterocycles. The van der Waals surface area contributed by atoms with E-state index in [0.29, 0.717) is 24.1 Å². The molecular weight excluding hydrogens is 306 g/mol. The molecule has 0 N–H and O–H groups in total. The van der Waals surface area contributed by atoms with Crippen LogP contribution < -0.4 is 5.43 Å². The summed E-state index contributed by atoms with van der Waals surface area (Å²) in [5.41, 5.74) is 0.245. The predicted octanol–water partition coefficient (Wildman–Crippen LogP) is 2.47. The number of carbonyl (C=O) groups excluding carboxylic acids is 1. The van der Waals surface area contributed by atoms with Crippen LogP contribution in [0.5, 0.6) is 0 Å². The summed E-state index contributed by atoms with van der Waals surface area (Å²) >= 11 is 0. The Morgan fingerprint density at radius 1 is 1.25 bits per heavy atom. The molecule has 3 heterocycles. The van der Waals surface area contributed by atoms with Crippen LogP contribution in [0.3, 0.4) is 0 Å². The fourth-order valence-corrected chi connectivity index (χ4v) is 3.22. The standard InChI is InChI=1S/C18H17N3O3/c22-15-11-17(24-16-7-2-1-6-14(15)16)18(23)20-9-3-5-13(12-20)21-10-4-8-19-21/h1-2,4,6-8,10-11,13H,3,5,9,12H2/t13-/m1/s1. The van der Waals surface area contributed by atoms with Crippen LogP contribution in [0.25, 0.3) is 11.0 Å². The van der Waals surface area contributed by atoms with Crippen molar-refractivity contribution < 1.29 is 9.21 Å². The Morgan fingerprint density at radius 3 is 2.96 bits per heavy atom. The summed E-state index contributed by atoms with van der Waals surface area (Å²) in [6.45, 7) is 1.23. The van der Waals surface area contributed by atoms with Gasteiger partial charge in [-0.05, 0) is 31.0 Å². The summed E-state index contributed by atoms with van der Waals surface area (Å²) < 4.78 is 7.55. The number of piperidine rings is 1. The Morgan fingerprint density at radius 2 is 2.12 bits per heavy atom. The molecule has 1 fully saturated rings. The van der Waals surface area contributed by atoms with Crippen LogP contribution in [0.15, 0.2) is 58.0 Å². The van der Waals surface area contributed by atoms with Crippen LogP contribution in [-0.4, -0.2) is 33.7 Å². The third-order valence-corrected chi connectivity index (χ3v) is 4.43. The van der Waals surface area contributed by atoms with Crippen molar-refractivity contribution in [2.24, 2.45) is 0 Å². The molecule has 0 radical (unpaired) electrons. The number of carbonyl (C=O) groups is 1. The zero-order valence-corrected chi connectivity index (χ0v) is 13.1. The average Bonchev–Trinajstić information content (AvgIpc) is 3.16. The predicted molar refractivity (Wildman–Crippen MR) is 88.9 cm³/mol. The SMILES string of the molecule is O=C(c1cc(=O)c2ccccc2o1)N1CCC[C@@H](n2cccn2)C1. The molecule has 1 aromatic carbocycles. The third kappa shape index (κ3) is 2.60. The highest BCUT2D eigenvalue weighted by Crippen LogP contribution is 2.22. The van der Waals surface area contributed by atoms with E-state index in [1.807, 2.05) is 16.9 Å². The van der Waals surface area contributed by atoms with Crippen molar-refractivity contribution in [1.82, 2.24) is 14.7 Å². The topological polar surface area (TPSA) is 68.3 Å². The van der Waals surface area contributed by atoms with Gasteiger partial charge in [-0.15, -0.1) is 0 Å². The maximum atomic E-state index is 12.8. The highest BCUT2D eigenvalue weighted by Gasteiger charge is 2.27. The molecule has 0 bridgehead atoms. The van der Waals surface area contributed by atoms with Gasteiger partial charge in [0.25, 0.3) is 5.91 Å². The van der Waals surface area contributed by atoms with Crippen LogP contribution in [0, 0.1) is 0 Å². The summed E-state index contributed by atoms with van der Waals surface area (Å²) in [7, 11) is 0. The first-order valence-electron chi connectivity index (χ1n) is 8.04. The molecule has 4 rings (SSSR count). The largest absolute Gasteiger partial charge is 0.451 e. The minimum Gasteiger partial charge on any atom is -0.451 e. The zero-order valence-electron chi connectivity index (χ0n) is 13.1. The maximum absolute atomic E-state index is 12.8. The van der Waals surface area contributed by atoms with E-state index in [1.165, 1.54) is 6.07 Å². The number of nitrogens with zero attached hydrogens (tertiary/aromatic N) is 3. The molecule has 1 atom stereocenters. The van der Waals surface area contributed by atoms with E-state index in [-0.39, 0.29) is 23.1 Å². The summed E-state index contributed by atoms with van der Waals surface area (Å²) in [5.74, 6) is -0.144. The van der Waals surface area contributed by atoms with Crippen molar-refractivity contribution >= 4 is 16.9 Å². The van der Waals surface area contributed by atoms with Gasteiger partial charge in [-0.1, -0.05) is 12.1 Å². The first kappa shape index (κ1) is 14.7. The molecule has 0 spiro atoms. The van der Waals surface area contributed by atoms with Gasteiger partial charge in [0.2, 0.25) is 0 Å². The molecule has 6 heteroatoms. The van der Waals surface area contributed by atoms with Crippen molar-refractivity contribution in [3.8, 4) is 0 Å². The lowest BCUT2D eigenvalue weighted by Crippen LogP contribution is -2.41. The lowest BCUT2D eigenvalue weighted by Gasteiger charge is -2.32. The number of fused-ring (bicyclic) bond motifs is 1. The smallest absolute Gasteiger partial charge is 0.289 e. The number of benzene rings is 1. The van der Waals surface area contributed by atoms with Crippen LogP contribution in [-0.2, 0) is 0 Å². The zero-order chi connectivity index (χ0) is 16.5. The highest BCUT2D eigenvalue weighted by molar-refractivity contribution is 5.93. The van der Waals surface area contributed by atoms with Gasteiger partial charge < -0.3 is 9.32 Å². The Labute approximate surface area is 138 Å². The Hall–Kier alpha value is -2.89. The monoisotopic (exact) mass is 323 g/mol. The summed E-state index contributed by atoms with van der Waals surface area (Å²) in [6, 6.07) is 10.3. The van der Waals surface area contributed by atoms with E-state index >= 15 is 0 Å². The van der Waals surface area contributed by atoms with Crippen molar-refractivity contribution in [2.75, 3.05) is 13.1 Å². The van der Waals surface area contributed by atoms with Crippen molar-refractivity contribution in [1.29, 1.82) is 0 Å². The van der Waals surface area contributed by atoms with Crippen LogP contribution in [0.4, 0.5) is 0 Å². The lowest BCUT2D eigenvalue weighted by molar-refractivity contribution is 0.0641. The Bertz CT molecular complexity index is 930. The first-order valence-corrected chi connectivity index (χ1v) is 8.04. The second-order valence-corrected chi connectivity index (χ2v) is 6.00. The van der Waals surface area contributed by atoms with E-state index in [4.69, 9.17) is 4.42 Å². The molecule has 1 aliphatic heterocycles. The van der Waals surface area contributed by atoms with Gasteiger partial charge in [-0.25, -0.2) is 0 Å². The van der Waals surface area contributed by atoms with E-state index < -0.39 is 0 Å². The van der Waals surface area contributed by atoms with Gasteiger partial charge in [0, 0.05) is 31.5 Å². The van der Waals surface area contributed by atoms with Gasteiger partial charge in [-0.2, -0.15) is 5.10 Å². The van der Waals surface area contributed by atoms with Gasteiger partial charge in [-0.3, -0.25) is 14.3 Å². The minimum atomic E-state index is -0.241. The lowest BCUT2D eigenvalue weighted by atomic mass is 10.1. The highest BCUT2D eigenvalue weighted by atomic mass is 16.3. The summed E-state index contributed by atoms with van der Waals surface area (Å²) in [5, 5.41) is 4.75. The van der Waals surface area contributed by atoms with E-state index in [1.54, 1.807) is 35.4 Å².